The van der Waals surface area contributed by atoms with Gasteiger partial charge < -0.3 is 19.5 Å². The van der Waals surface area contributed by atoms with Crippen LogP contribution in [0.5, 0.6) is 11.5 Å². The minimum atomic E-state index is -5.08. The first-order valence-electron chi connectivity index (χ1n) is 16.1. The van der Waals surface area contributed by atoms with Crippen molar-refractivity contribution in [1.29, 1.82) is 0 Å². The number of carbonyl (C=O) groups is 1. The lowest BCUT2D eigenvalue weighted by Crippen LogP contribution is -2.53. The molecule has 3 aromatic carbocycles. The summed E-state index contributed by atoms with van der Waals surface area (Å²) in [6.45, 7) is 15.9. The Morgan fingerprint density at radius 3 is 1.89 bits per heavy atom. The van der Waals surface area contributed by atoms with Gasteiger partial charge in [-0.1, -0.05) is 36.4 Å². The quantitative estimate of drug-likeness (QED) is 0.205. The standard InChI is InChI=1S/C33H45FN4O2.C2HF3O2/c1-26(2)37-20-22-38(23-21-37)31(27-9-11-28(34)12-10-27)25-36-18-16-35(17-19-36)15-6-24-40-33-14-13-32(39-3)29-7-4-5-8-30(29)33;3-2(4,5)1(6)7/h4-5,7-14,26,31H,6,15-25H2,1-3H3;(H,6,7). The Bertz CT molecular complexity index is 1410. The number of ether oxygens (including phenoxy) is 2. The van der Waals surface area contributed by atoms with Crippen LogP contribution in [0.15, 0.2) is 60.7 Å². The van der Waals surface area contributed by atoms with Crippen LogP contribution in [0.1, 0.15) is 31.9 Å². The second-order valence-electron chi connectivity index (χ2n) is 12.2. The molecule has 0 aromatic heterocycles. The number of nitrogens with zero attached hydrogens (tertiary/aromatic N) is 4. The molecule has 1 unspecified atom stereocenters. The SMILES string of the molecule is COc1ccc(OCCCN2CCN(CC(c3ccc(F)cc3)N3CCN(C(C)C)CC3)CC2)c2ccccc12.O=C(O)C(F)(F)F. The minimum Gasteiger partial charge on any atom is -0.496 e. The summed E-state index contributed by atoms with van der Waals surface area (Å²) < 4.78 is 57.2. The Morgan fingerprint density at radius 2 is 1.34 bits per heavy atom. The third kappa shape index (κ3) is 10.5. The number of hydrogen-bond donors (Lipinski definition) is 1. The summed E-state index contributed by atoms with van der Waals surface area (Å²) in [5.74, 6) is -1.13. The van der Waals surface area contributed by atoms with Crippen molar-refractivity contribution in [3.8, 4) is 11.5 Å². The van der Waals surface area contributed by atoms with E-state index in [2.05, 4.69) is 45.6 Å². The van der Waals surface area contributed by atoms with Gasteiger partial charge in [0.25, 0.3) is 0 Å². The van der Waals surface area contributed by atoms with Crippen LogP contribution in [0.3, 0.4) is 0 Å². The van der Waals surface area contributed by atoms with E-state index in [-0.39, 0.29) is 5.82 Å². The molecule has 2 heterocycles. The molecular formula is C35H46F4N4O4. The number of halogens is 4. The van der Waals surface area contributed by atoms with E-state index in [1.807, 2.05) is 36.4 Å². The molecule has 0 bridgehead atoms. The Labute approximate surface area is 274 Å². The molecule has 1 atom stereocenters. The van der Waals surface area contributed by atoms with E-state index >= 15 is 0 Å². The summed E-state index contributed by atoms with van der Waals surface area (Å²) >= 11 is 0. The zero-order chi connectivity index (χ0) is 34.0. The molecule has 47 heavy (non-hydrogen) atoms. The van der Waals surface area contributed by atoms with Crippen LogP contribution in [0, 0.1) is 5.82 Å². The molecule has 8 nitrogen and oxygen atoms in total. The molecular weight excluding hydrogens is 616 g/mol. The summed E-state index contributed by atoms with van der Waals surface area (Å²) in [6, 6.07) is 20.3. The number of benzene rings is 3. The van der Waals surface area contributed by atoms with Crippen LogP contribution in [0.2, 0.25) is 0 Å². The molecule has 0 radical (unpaired) electrons. The van der Waals surface area contributed by atoms with Crippen LogP contribution >= 0.6 is 0 Å². The van der Waals surface area contributed by atoms with Crippen molar-refractivity contribution >= 4 is 16.7 Å². The van der Waals surface area contributed by atoms with Crippen molar-refractivity contribution in [1.82, 2.24) is 19.6 Å². The van der Waals surface area contributed by atoms with Crippen LogP contribution in [0.4, 0.5) is 17.6 Å². The zero-order valence-corrected chi connectivity index (χ0v) is 27.4. The van der Waals surface area contributed by atoms with Gasteiger partial charge in [-0.25, -0.2) is 9.18 Å². The third-order valence-electron chi connectivity index (χ3n) is 8.85. The molecule has 0 amide bonds. The molecule has 2 aliphatic rings. The molecule has 1 N–H and O–H groups in total. The van der Waals surface area contributed by atoms with Gasteiger partial charge in [-0.15, -0.1) is 0 Å². The molecule has 2 saturated heterocycles. The fourth-order valence-electron chi connectivity index (χ4n) is 6.14. The average Bonchev–Trinajstić information content (AvgIpc) is 3.06. The van der Waals surface area contributed by atoms with Gasteiger partial charge in [-0.05, 0) is 50.1 Å². The first kappa shape index (κ1) is 36.4. The lowest BCUT2D eigenvalue weighted by Gasteiger charge is -2.43. The number of carboxylic acids is 1. The molecule has 12 heteroatoms. The maximum Gasteiger partial charge on any atom is 0.490 e. The maximum absolute atomic E-state index is 13.7. The zero-order valence-electron chi connectivity index (χ0n) is 27.4. The summed E-state index contributed by atoms with van der Waals surface area (Å²) in [7, 11) is 1.71. The van der Waals surface area contributed by atoms with Crippen molar-refractivity contribution < 1.29 is 36.9 Å². The monoisotopic (exact) mass is 662 g/mol. The second-order valence-corrected chi connectivity index (χ2v) is 12.2. The van der Waals surface area contributed by atoms with Crippen LogP contribution in [-0.4, -0.2) is 122 Å². The predicted molar refractivity (Wildman–Crippen MR) is 175 cm³/mol. The van der Waals surface area contributed by atoms with Crippen molar-refractivity contribution in [2.24, 2.45) is 0 Å². The lowest BCUT2D eigenvalue weighted by atomic mass is 10.0. The third-order valence-corrected chi connectivity index (χ3v) is 8.85. The van der Waals surface area contributed by atoms with E-state index in [9.17, 15) is 17.6 Å². The highest BCUT2D eigenvalue weighted by atomic mass is 19.4. The second kappa shape index (κ2) is 17.1. The van der Waals surface area contributed by atoms with Gasteiger partial charge in [0, 0.05) is 88.3 Å². The smallest absolute Gasteiger partial charge is 0.490 e. The van der Waals surface area contributed by atoms with Crippen molar-refractivity contribution in [2.75, 3.05) is 79.2 Å². The predicted octanol–water partition coefficient (Wildman–Crippen LogP) is 5.77. The largest absolute Gasteiger partial charge is 0.496 e. The Hall–Kier alpha value is -3.45. The van der Waals surface area contributed by atoms with Gasteiger partial charge in [-0.3, -0.25) is 14.7 Å². The molecule has 2 aliphatic heterocycles. The van der Waals surface area contributed by atoms with Gasteiger partial charge in [0.05, 0.1) is 13.7 Å². The van der Waals surface area contributed by atoms with Gasteiger partial charge in [0.1, 0.15) is 17.3 Å². The normalized spacial score (nSPS) is 17.7. The fraction of sp³-hybridized carbons (Fsp3) is 0.514. The molecule has 258 valence electrons. The van der Waals surface area contributed by atoms with E-state index in [0.29, 0.717) is 18.7 Å². The number of carboxylic acid groups (broad SMARTS) is 1. The van der Waals surface area contributed by atoms with E-state index < -0.39 is 12.1 Å². The average molecular weight is 663 g/mol. The first-order chi connectivity index (χ1) is 22.5. The summed E-state index contributed by atoms with van der Waals surface area (Å²) in [5.41, 5.74) is 1.23. The van der Waals surface area contributed by atoms with E-state index in [4.69, 9.17) is 19.4 Å². The summed E-state index contributed by atoms with van der Waals surface area (Å²) in [5, 5.41) is 9.30. The highest BCUT2D eigenvalue weighted by Gasteiger charge is 2.38. The molecule has 2 fully saturated rings. The molecule has 0 spiro atoms. The molecule has 0 saturated carbocycles. The fourth-order valence-corrected chi connectivity index (χ4v) is 6.14. The van der Waals surface area contributed by atoms with Gasteiger partial charge in [0.15, 0.2) is 0 Å². The molecule has 0 aliphatic carbocycles. The maximum atomic E-state index is 13.7. The van der Waals surface area contributed by atoms with Gasteiger partial charge in [-0.2, -0.15) is 13.2 Å². The van der Waals surface area contributed by atoms with E-state index in [1.165, 1.54) is 5.56 Å². The number of aliphatic carboxylic acids is 1. The molecule has 5 rings (SSSR count). The van der Waals surface area contributed by atoms with E-state index in [1.54, 1.807) is 19.2 Å². The topological polar surface area (TPSA) is 68.7 Å². The summed E-state index contributed by atoms with van der Waals surface area (Å²) in [6.07, 6.45) is -4.08. The number of methoxy groups -OCH3 is 1. The van der Waals surface area contributed by atoms with Crippen molar-refractivity contribution in [2.45, 2.75) is 38.5 Å². The number of rotatable bonds is 11. The molecule has 3 aromatic rings. The number of piperazine rings is 2. The van der Waals surface area contributed by atoms with E-state index in [0.717, 1.165) is 94.1 Å². The van der Waals surface area contributed by atoms with Gasteiger partial charge >= 0.3 is 12.1 Å². The van der Waals surface area contributed by atoms with Crippen LogP contribution in [0.25, 0.3) is 10.8 Å². The highest BCUT2D eigenvalue weighted by Crippen LogP contribution is 2.33. The van der Waals surface area contributed by atoms with Crippen LogP contribution < -0.4 is 9.47 Å². The lowest BCUT2D eigenvalue weighted by molar-refractivity contribution is -0.192. The Morgan fingerprint density at radius 1 is 0.809 bits per heavy atom. The number of alkyl halides is 3. The van der Waals surface area contributed by atoms with Crippen LogP contribution in [-0.2, 0) is 4.79 Å². The van der Waals surface area contributed by atoms with Gasteiger partial charge in [0.2, 0.25) is 0 Å². The Kier molecular flexibility index (Phi) is 13.2. The summed E-state index contributed by atoms with van der Waals surface area (Å²) in [4.78, 5) is 19.2. The first-order valence-corrected chi connectivity index (χ1v) is 16.1. The number of hydrogen-bond acceptors (Lipinski definition) is 7. The van der Waals surface area contributed by atoms with Crippen molar-refractivity contribution in [3.05, 3.63) is 72.0 Å². The highest BCUT2D eigenvalue weighted by molar-refractivity contribution is 5.93. The Balaban J connectivity index is 0.000000644. The minimum absolute atomic E-state index is 0.162. The number of fused-ring (bicyclic) bond motifs is 1. The van der Waals surface area contributed by atoms with Crippen molar-refractivity contribution in [3.63, 3.8) is 0 Å².